The van der Waals surface area contributed by atoms with Gasteiger partial charge in [-0.3, -0.25) is 4.68 Å². The van der Waals surface area contributed by atoms with Gasteiger partial charge < -0.3 is 4.74 Å². The van der Waals surface area contributed by atoms with E-state index in [0.717, 1.165) is 41.3 Å². The molecule has 0 spiro atoms. The third kappa shape index (κ3) is 4.19. The maximum absolute atomic E-state index is 13.9. The Kier molecular flexibility index (Phi) is 5.35. The molecule has 3 fully saturated rings. The van der Waals surface area contributed by atoms with Crippen LogP contribution in [0.15, 0.2) is 12.4 Å². The van der Waals surface area contributed by atoms with Gasteiger partial charge in [-0.1, -0.05) is 0 Å². The van der Waals surface area contributed by atoms with E-state index < -0.39 is 5.92 Å². The summed E-state index contributed by atoms with van der Waals surface area (Å²) in [6.45, 7) is 4.46. The molecule has 3 aromatic rings. The van der Waals surface area contributed by atoms with E-state index in [0.29, 0.717) is 36.7 Å². The highest BCUT2D eigenvalue weighted by atomic mass is 19.3. The SMILES string of the molecule is Cc1nc2nc([C@H]3CCO[C@H](c4cnn(C5CC5)c4)C3)nc(C3CCC(F)(F)CC3)c2nc1C. The first kappa shape index (κ1) is 21.9. The summed E-state index contributed by atoms with van der Waals surface area (Å²) < 4.78 is 35.9. The minimum atomic E-state index is -2.58. The van der Waals surface area contributed by atoms with E-state index in [4.69, 9.17) is 24.7 Å². The van der Waals surface area contributed by atoms with Gasteiger partial charge in [-0.2, -0.15) is 5.10 Å². The van der Waals surface area contributed by atoms with Gasteiger partial charge in [0.1, 0.15) is 11.3 Å². The van der Waals surface area contributed by atoms with Gasteiger partial charge in [-0.25, -0.2) is 28.7 Å². The molecule has 3 aromatic heterocycles. The van der Waals surface area contributed by atoms with Gasteiger partial charge in [-0.05, 0) is 52.4 Å². The number of ether oxygens (including phenoxy) is 1. The van der Waals surface area contributed by atoms with E-state index in [-0.39, 0.29) is 30.8 Å². The number of nitrogens with zero attached hydrogens (tertiary/aromatic N) is 6. The molecule has 0 N–H and O–H groups in total. The van der Waals surface area contributed by atoms with Crippen molar-refractivity contribution in [3.05, 3.63) is 40.9 Å². The first-order valence-corrected chi connectivity index (χ1v) is 12.4. The minimum absolute atomic E-state index is 0.0480. The maximum Gasteiger partial charge on any atom is 0.248 e. The standard InChI is InChI=1S/C25H30F2N6O/c1-14-15(2)30-24-22(29-14)21(16-5-8-25(26,27)9-6-16)31-23(32-24)17-7-10-34-20(11-17)18-12-28-33(13-18)19-3-4-19/h12-13,16-17,19-20H,3-11H2,1-2H3/t17-,20-/m0/s1. The molecule has 7 nitrogen and oxygen atoms in total. The Morgan fingerprint density at radius 1 is 0.941 bits per heavy atom. The second-order valence-corrected chi connectivity index (χ2v) is 10.2. The summed E-state index contributed by atoms with van der Waals surface area (Å²) in [5, 5.41) is 4.52. The number of hydrogen-bond acceptors (Lipinski definition) is 6. The molecule has 3 aliphatic rings. The minimum Gasteiger partial charge on any atom is -0.373 e. The number of halogens is 2. The third-order valence-corrected chi connectivity index (χ3v) is 7.65. The van der Waals surface area contributed by atoms with Crippen LogP contribution in [-0.2, 0) is 4.74 Å². The van der Waals surface area contributed by atoms with E-state index in [1.165, 1.54) is 12.8 Å². The van der Waals surface area contributed by atoms with Crippen LogP contribution in [-0.4, -0.2) is 42.2 Å². The molecule has 4 heterocycles. The van der Waals surface area contributed by atoms with Gasteiger partial charge in [0.25, 0.3) is 0 Å². The van der Waals surface area contributed by atoms with Crippen molar-refractivity contribution in [1.29, 1.82) is 0 Å². The smallest absolute Gasteiger partial charge is 0.248 e. The largest absolute Gasteiger partial charge is 0.373 e. The topological polar surface area (TPSA) is 78.6 Å². The average molecular weight is 469 g/mol. The van der Waals surface area contributed by atoms with Crippen LogP contribution in [0.3, 0.4) is 0 Å². The molecule has 34 heavy (non-hydrogen) atoms. The second kappa shape index (κ2) is 8.29. The molecule has 2 aliphatic carbocycles. The normalized spacial score (nSPS) is 25.6. The zero-order valence-electron chi connectivity index (χ0n) is 19.7. The van der Waals surface area contributed by atoms with Crippen LogP contribution >= 0.6 is 0 Å². The van der Waals surface area contributed by atoms with Gasteiger partial charge in [0.05, 0.1) is 35.4 Å². The molecule has 1 saturated heterocycles. The summed E-state index contributed by atoms with van der Waals surface area (Å²) in [7, 11) is 0. The lowest BCUT2D eigenvalue weighted by Gasteiger charge is -2.30. The summed E-state index contributed by atoms with van der Waals surface area (Å²) in [5.41, 5.74) is 4.77. The van der Waals surface area contributed by atoms with Gasteiger partial charge >= 0.3 is 0 Å². The quantitative estimate of drug-likeness (QED) is 0.503. The van der Waals surface area contributed by atoms with Crippen molar-refractivity contribution < 1.29 is 13.5 Å². The Morgan fingerprint density at radius 3 is 2.47 bits per heavy atom. The lowest BCUT2D eigenvalue weighted by atomic mass is 9.84. The Hall–Kier alpha value is -2.55. The fourth-order valence-corrected chi connectivity index (χ4v) is 5.25. The lowest BCUT2D eigenvalue weighted by molar-refractivity contribution is -0.0384. The van der Waals surface area contributed by atoms with E-state index in [1.54, 1.807) is 0 Å². The molecule has 2 saturated carbocycles. The summed E-state index contributed by atoms with van der Waals surface area (Å²) in [6.07, 6.45) is 8.53. The molecule has 9 heteroatoms. The summed E-state index contributed by atoms with van der Waals surface area (Å²) in [5.74, 6) is -1.79. The number of alkyl halides is 2. The van der Waals surface area contributed by atoms with E-state index in [9.17, 15) is 8.78 Å². The fourth-order valence-electron chi connectivity index (χ4n) is 5.25. The van der Waals surface area contributed by atoms with Crippen molar-refractivity contribution in [2.45, 2.75) is 95.1 Å². The molecule has 0 aromatic carbocycles. The number of hydrogen-bond donors (Lipinski definition) is 0. The van der Waals surface area contributed by atoms with Crippen molar-refractivity contribution in [1.82, 2.24) is 29.7 Å². The molecule has 0 unspecified atom stereocenters. The average Bonchev–Trinajstić information content (AvgIpc) is 3.56. The highest BCUT2D eigenvalue weighted by molar-refractivity contribution is 5.73. The van der Waals surface area contributed by atoms with Crippen LogP contribution in [0.1, 0.15) is 104 Å². The van der Waals surface area contributed by atoms with Crippen molar-refractivity contribution in [3.63, 3.8) is 0 Å². The highest BCUT2D eigenvalue weighted by Crippen LogP contribution is 2.43. The second-order valence-electron chi connectivity index (χ2n) is 10.2. The van der Waals surface area contributed by atoms with Crippen molar-refractivity contribution in [3.8, 4) is 0 Å². The first-order chi connectivity index (χ1) is 16.4. The van der Waals surface area contributed by atoms with Crippen molar-refractivity contribution in [2.75, 3.05) is 6.61 Å². The molecule has 2 atom stereocenters. The van der Waals surface area contributed by atoms with Crippen LogP contribution < -0.4 is 0 Å². The first-order valence-electron chi connectivity index (χ1n) is 12.4. The van der Waals surface area contributed by atoms with Crippen LogP contribution in [0.4, 0.5) is 8.78 Å². The lowest BCUT2D eigenvalue weighted by Crippen LogP contribution is -2.25. The summed E-state index contributed by atoms with van der Waals surface area (Å²) in [4.78, 5) is 19.3. The van der Waals surface area contributed by atoms with Crippen LogP contribution in [0.2, 0.25) is 0 Å². The molecule has 0 radical (unpaired) electrons. The molecule has 180 valence electrons. The van der Waals surface area contributed by atoms with Gasteiger partial charge in [0, 0.05) is 43.0 Å². The van der Waals surface area contributed by atoms with Crippen LogP contribution in [0, 0.1) is 13.8 Å². The molecule has 6 rings (SSSR count). The van der Waals surface area contributed by atoms with E-state index in [2.05, 4.69) is 11.3 Å². The van der Waals surface area contributed by atoms with Gasteiger partial charge in [0.15, 0.2) is 5.65 Å². The number of aryl methyl sites for hydroxylation is 2. The van der Waals surface area contributed by atoms with Crippen LogP contribution in [0.25, 0.3) is 11.2 Å². The molecule has 0 bridgehead atoms. The maximum atomic E-state index is 13.9. The molecule has 1 aliphatic heterocycles. The number of aromatic nitrogens is 6. The Labute approximate surface area is 197 Å². The van der Waals surface area contributed by atoms with E-state index >= 15 is 0 Å². The predicted molar refractivity (Wildman–Crippen MR) is 122 cm³/mol. The fraction of sp³-hybridized carbons (Fsp3) is 0.640. The summed E-state index contributed by atoms with van der Waals surface area (Å²) >= 11 is 0. The molecular formula is C25H30F2N6O. The summed E-state index contributed by atoms with van der Waals surface area (Å²) in [6, 6.07) is 0.535. The number of rotatable bonds is 4. The van der Waals surface area contributed by atoms with Gasteiger partial charge in [-0.15, -0.1) is 0 Å². The Morgan fingerprint density at radius 2 is 1.71 bits per heavy atom. The zero-order chi connectivity index (χ0) is 23.4. The predicted octanol–water partition coefficient (Wildman–Crippen LogP) is 5.50. The molecule has 0 amide bonds. The highest BCUT2D eigenvalue weighted by Gasteiger charge is 2.37. The number of fused-ring (bicyclic) bond motifs is 1. The zero-order valence-corrected chi connectivity index (χ0v) is 19.7. The third-order valence-electron chi connectivity index (χ3n) is 7.65. The Bertz CT molecular complexity index is 1210. The van der Waals surface area contributed by atoms with Gasteiger partial charge in [0.2, 0.25) is 5.92 Å². The monoisotopic (exact) mass is 468 g/mol. The Balaban J connectivity index is 1.33. The van der Waals surface area contributed by atoms with Crippen molar-refractivity contribution >= 4 is 11.2 Å². The van der Waals surface area contributed by atoms with Crippen molar-refractivity contribution in [2.24, 2.45) is 0 Å². The van der Waals surface area contributed by atoms with Crippen LogP contribution in [0.5, 0.6) is 0 Å². The van der Waals surface area contributed by atoms with E-state index in [1.807, 2.05) is 24.7 Å². The molecular weight excluding hydrogens is 438 g/mol.